The molecule has 2 heterocycles. The van der Waals surface area contributed by atoms with Crippen molar-refractivity contribution in [2.24, 2.45) is 0 Å². The third kappa shape index (κ3) is 3.15. The van der Waals surface area contributed by atoms with E-state index in [9.17, 15) is 4.79 Å². The standard InChI is InChI=1S/C15H11N3O3S/c1-20-12-4-2-3-11(9-12)14(19)22-15-18-17-13(21-15)10-5-7-16-8-6-10/h2-9H,1H3. The van der Waals surface area contributed by atoms with Crippen LogP contribution in [0.15, 0.2) is 58.4 Å². The van der Waals surface area contributed by atoms with Gasteiger partial charge in [0, 0.05) is 35.3 Å². The van der Waals surface area contributed by atoms with Crippen molar-refractivity contribution in [1.82, 2.24) is 15.2 Å². The molecule has 0 radical (unpaired) electrons. The number of pyridine rings is 1. The molecule has 6 nitrogen and oxygen atoms in total. The number of methoxy groups -OCH3 is 1. The fraction of sp³-hybridized carbons (Fsp3) is 0.0667. The predicted octanol–water partition coefficient (Wildman–Crippen LogP) is 3.07. The molecule has 2 aromatic heterocycles. The van der Waals surface area contributed by atoms with Gasteiger partial charge in [0.2, 0.25) is 11.0 Å². The normalized spacial score (nSPS) is 10.4. The minimum atomic E-state index is -0.191. The van der Waals surface area contributed by atoms with Crippen molar-refractivity contribution in [3.63, 3.8) is 0 Å². The van der Waals surface area contributed by atoms with E-state index in [-0.39, 0.29) is 10.3 Å². The second-order valence-electron chi connectivity index (χ2n) is 4.23. The maximum atomic E-state index is 12.2. The van der Waals surface area contributed by atoms with Crippen molar-refractivity contribution in [3.05, 3.63) is 54.4 Å². The van der Waals surface area contributed by atoms with E-state index in [0.29, 0.717) is 17.2 Å². The number of carbonyl (C=O) groups is 1. The molecule has 0 unspecified atom stereocenters. The molecule has 3 aromatic rings. The van der Waals surface area contributed by atoms with Crippen LogP contribution in [0.25, 0.3) is 11.5 Å². The number of rotatable bonds is 4. The molecule has 22 heavy (non-hydrogen) atoms. The zero-order valence-electron chi connectivity index (χ0n) is 11.6. The lowest BCUT2D eigenvalue weighted by atomic mass is 10.2. The summed E-state index contributed by atoms with van der Waals surface area (Å²) in [5, 5.41) is 7.80. The van der Waals surface area contributed by atoms with Crippen LogP contribution in [-0.4, -0.2) is 27.4 Å². The van der Waals surface area contributed by atoms with Crippen LogP contribution in [0.1, 0.15) is 10.4 Å². The summed E-state index contributed by atoms with van der Waals surface area (Å²) >= 11 is 0.881. The Balaban J connectivity index is 1.76. The molecule has 0 spiro atoms. The first-order chi connectivity index (χ1) is 10.8. The molecule has 0 aliphatic carbocycles. The monoisotopic (exact) mass is 313 g/mol. The summed E-state index contributed by atoms with van der Waals surface area (Å²) in [6.07, 6.45) is 3.27. The lowest BCUT2D eigenvalue weighted by molar-refractivity contribution is 0.108. The van der Waals surface area contributed by atoms with Gasteiger partial charge in [0.05, 0.1) is 7.11 Å². The maximum absolute atomic E-state index is 12.2. The zero-order chi connectivity index (χ0) is 15.4. The van der Waals surface area contributed by atoms with Crippen LogP contribution in [0.3, 0.4) is 0 Å². The molecule has 0 saturated carbocycles. The third-order valence-corrected chi connectivity index (χ3v) is 3.58. The number of thioether (sulfide) groups is 1. The summed E-state index contributed by atoms with van der Waals surface area (Å²) in [4.78, 5) is 16.1. The molecule has 3 rings (SSSR count). The second-order valence-corrected chi connectivity index (χ2v) is 5.15. The quantitative estimate of drug-likeness (QED) is 0.685. The first-order valence-electron chi connectivity index (χ1n) is 6.36. The molecule has 110 valence electrons. The molecular formula is C15H11N3O3S. The number of benzene rings is 1. The topological polar surface area (TPSA) is 78.1 Å². The molecule has 1 aromatic carbocycles. The Bertz CT molecular complexity index is 789. The first kappa shape index (κ1) is 14.3. The van der Waals surface area contributed by atoms with E-state index in [1.54, 1.807) is 55.9 Å². The molecule has 0 N–H and O–H groups in total. The van der Waals surface area contributed by atoms with Crippen molar-refractivity contribution < 1.29 is 13.9 Å². The average Bonchev–Trinajstić information content (AvgIpc) is 3.04. The zero-order valence-corrected chi connectivity index (χ0v) is 12.4. The van der Waals surface area contributed by atoms with E-state index in [1.807, 2.05) is 0 Å². The maximum Gasteiger partial charge on any atom is 0.284 e. The minimum absolute atomic E-state index is 0.191. The Morgan fingerprint density at radius 2 is 2.00 bits per heavy atom. The summed E-state index contributed by atoms with van der Waals surface area (Å²) in [6.45, 7) is 0. The Kier molecular flexibility index (Phi) is 4.15. The molecule has 0 fully saturated rings. The van der Waals surface area contributed by atoms with E-state index >= 15 is 0 Å². The van der Waals surface area contributed by atoms with E-state index in [2.05, 4.69) is 15.2 Å². The van der Waals surface area contributed by atoms with E-state index in [4.69, 9.17) is 9.15 Å². The van der Waals surface area contributed by atoms with Gasteiger partial charge in [0.1, 0.15) is 5.75 Å². The highest BCUT2D eigenvalue weighted by molar-refractivity contribution is 8.14. The fourth-order valence-electron chi connectivity index (χ4n) is 1.75. The molecule has 0 aliphatic rings. The van der Waals surface area contributed by atoms with Gasteiger partial charge in [-0.2, -0.15) is 0 Å². The van der Waals surface area contributed by atoms with Gasteiger partial charge in [0.15, 0.2) is 0 Å². The van der Waals surface area contributed by atoms with Crippen molar-refractivity contribution in [1.29, 1.82) is 0 Å². The Morgan fingerprint density at radius 3 is 2.77 bits per heavy atom. The van der Waals surface area contributed by atoms with Crippen molar-refractivity contribution in [3.8, 4) is 17.2 Å². The molecule has 0 saturated heterocycles. The smallest absolute Gasteiger partial charge is 0.284 e. The van der Waals surface area contributed by atoms with Crippen LogP contribution in [0.5, 0.6) is 5.75 Å². The van der Waals surface area contributed by atoms with Crippen molar-refractivity contribution in [2.45, 2.75) is 5.22 Å². The van der Waals surface area contributed by atoms with Gasteiger partial charge in [-0.25, -0.2) is 0 Å². The highest BCUT2D eigenvalue weighted by Gasteiger charge is 2.15. The number of carbonyl (C=O) groups excluding carboxylic acids is 1. The van der Waals surface area contributed by atoms with Gasteiger partial charge in [-0.1, -0.05) is 12.1 Å². The van der Waals surface area contributed by atoms with Crippen LogP contribution >= 0.6 is 11.8 Å². The number of aromatic nitrogens is 3. The van der Waals surface area contributed by atoms with Crippen LogP contribution < -0.4 is 4.74 Å². The second kappa shape index (κ2) is 6.40. The minimum Gasteiger partial charge on any atom is -0.497 e. The van der Waals surface area contributed by atoms with Crippen molar-refractivity contribution in [2.75, 3.05) is 7.11 Å². The lowest BCUT2D eigenvalue weighted by Crippen LogP contribution is -1.94. The lowest BCUT2D eigenvalue weighted by Gasteiger charge is -2.01. The average molecular weight is 313 g/mol. The van der Waals surface area contributed by atoms with Crippen LogP contribution in [0.4, 0.5) is 0 Å². The first-order valence-corrected chi connectivity index (χ1v) is 7.18. The summed E-state index contributed by atoms with van der Waals surface area (Å²) in [6, 6.07) is 10.4. The van der Waals surface area contributed by atoms with Gasteiger partial charge < -0.3 is 9.15 Å². The van der Waals surface area contributed by atoms with Crippen LogP contribution in [0.2, 0.25) is 0 Å². The molecule has 0 atom stereocenters. The highest BCUT2D eigenvalue weighted by atomic mass is 32.2. The molecule has 0 bridgehead atoms. The summed E-state index contributed by atoms with van der Waals surface area (Å²) in [7, 11) is 1.55. The molecule has 7 heteroatoms. The SMILES string of the molecule is COc1cccc(C(=O)Sc2nnc(-c3ccncc3)o2)c1. The largest absolute Gasteiger partial charge is 0.497 e. The van der Waals surface area contributed by atoms with Gasteiger partial charge in [-0.05, 0) is 24.3 Å². The van der Waals surface area contributed by atoms with Crippen LogP contribution in [0, 0.1) is 0 Å². The number of ether oxygens (including phenoxy) is 1. The Hall–Kier alpha value is -2.67. The highest BCUT2D eigenvalue weighted by Crippen LogP contribution is 2.26. The molecular weight excluding hydrogens is 302 g/mol. The molecule has 0 aliphatic heterocycles. The molecule has 0 amide bonds. The van der Waals surface area contributed by atoms with Crippen LogP contribution in [-0.2, 0) is 0 Å². The third-order valence-electron chi connectivity index (χ3n) is 2.82. The van der Waals surface area contributed by atoms with Gasteiger partial charge in [-0.15, -0.1) is 10.2 Å². The Morgan fingerprint density at radius 1 is 1.18 bits per heavy atom. The van der Waals surface area contributed by atoms with E-state index < -0.39 is 0 Å². The summed E-state index contributed by atoms with van der Waals surface area (Å²) in [5.41, 5.74) is 1.26. The van der Waals surface area contributed by atoms with Gasteiger partial charge in [-0.3, -0.25) is 9.78 Å². The van der Waals surface area contributed by atoms with Gasteiger partial charge >= 0.3 is 0 Å². The summed E-state index contributed by atoms with van der Waals surface area (Å²) in [5.74, 6) is 0.970. The van der Waals surface area contributed by atoms with Gasteiger partial charge in [0.25, 0.3) is 5.22 Å². The number of hydrogen-bond acceptors (Lipinski definition) is 7. The Labute approximate surface area is 130 Å². The number of hydrogen-bond donors (Lipinski definition) is 0. The fourth-order valence-corrected chi connectivity index (χ4v) is 2.36. The van der Waals surface area contributed by atoms with E-state index in [1.165, 1.54) is 0 Å². The number of nitrogens with zero attached hydrogens (tertiary/aromatic N) is 3. The predicted molar refractivity (Wildman–Crippen MR) is 80.7 cm³/mol. The van der Waals surface area contributed by atoms with Crippen molar-refractivity contribution >= 4 is 16.9 Å². The summed E-state index contributed by atoms with van der Waals surface area (Å²) < 4.78 is 10.6. The van der Waals surface area contributed by atoms with E-state index in [0.717, 1.165) is 17.3 Å².